The third kappa shape index (κ3) is 1.51. The van der Waals surface area contributed by atoms with E-state index in [0.717, 1.165) is 12.0 Å². The number of hydrogen-bond donors (Lipinski definition) is 0. The number of hydrogen-bond acceptors (Lipinski definition) is 1. The highest BCUT2D eigenvalue weighted by Gasteiger charge is 2.24. The van der Waals surface area contributed by atoms with E-state index in [0.29, 0.717) is 0 Å². The van der Waals surface area contributed by atoms with Gasteiger partial charge in [0, 0.05) is 6.04 Å². The molecule has 1 rings (SSSR count). The lowest BCUT2D eigenvalue weighted by Gasteiger charge is -2.25. The van der Waals surface area contributed by atoms with Crippen LogP contribution in [-0.2, 0) is 0 Å². The molecule has 0 spiro atoms. The van der Waals surface area contributed by atoms with Crippen molar-refractivity contribution in [2.75, 3.05) is 13.1 Å². The number of likely N-dealkylation sites (tertiary alicyclic amines) is 1. The van der Waals surface area contributed by atoms with Crippen LogP contribution in [0.2, 0.25) is 0 Å². The van der Waals surface area contributed by atoms with Gasteiger partial charge in [0.15, 0.2) is 0 Å². The van der Waals surface area contributed by atoms with Crippen molar-refractivity contribution in [3.63, 3.8) is 0 Å². The molecule has 1 heterocycles. The molecular formula is C9H19N. The lowest BCUT2D eigenvalue weighted by Crippen LogP contribution is -2.32. The Kier molecular flexibility index (Phi) is 2.72. The Morgan fingerprint density at radius 1 is 1.50 bits per heavy atom. The Hall–Kier alpha value is -0.0400. The average Bonchev–Trinajstić information content (AvgIpc) is 2.33. The van der Waals surface area contributed by atoms with E-state index in [1.165, 1.54) is 25.9 Å². The monoisotopic (exact) mass is 141 g/mol. The SMILES string of the molecule is CCN1CCC[C@@H]1C(C)C. The van der Waals surface area contributed by atoms with Gasteiger partial charge in [0.05, 0.1) is 0 Å². The highest BCUT2D eigenvalue weighted by atomic mass is 15.2. The largest absolute Gasteiger partial charge is 0.300 e. The average molecular weight is 141 g/mol. The van der Waals surface area contributed by atoms with Gasteiger partial charge in [-0.15, -0.1) is 0 Å². The first-order chi connectivity index (χ1) is 4.75. The molecule has 0 aliphatic carbocycles. The Labute approximate surface area is 64.4 Å². The molecule has 1 fully saturated rings. The second kappa shape index (κ2) is 3.38. The summed E-state index contributed by atoms with van der Waals surface area (Å²) in [6.45, 7) is 9.50. The molecular weight excluding hydrogens is 122 g/mol. The first kappa shape index (κ1) is 8.06. The van der Waals surface area contributed by atoms with Gasteiger partial charge >= 0.3 is 0 Å². The summed E-state index contributed by atoms with van der Waals surface area (Å²) in [5.41, 5.74) is 0. The van der Waals surface area contributed by atoms with Gasteiger partial charge in [0.1, 0.15) is 0 Å². The minimum atomic E-state index is 0.849. The lowest BCUT2D eigenvalue weighted by atomic mass is 10.0. The van der Waals surface area contributed by atoms with E-state index in [9.17, 15) is 0 Å². The van der Waals surface area contributed by atoms with E-state index in [2.05, 4.69) is 25.7 Å². The quantitative estimate of drug-likeness (QED) is 0.569. The molecule has 0 bridgehead atoms. The first-order valence-electron chi connectivity index (χ1n) is 4.49. The molecule has 1 aliphatic heterocycles. The minimum absolute atomic E-state index is 0.849. The van der Waals surface area contributed by atoms with Crippen molar-refractivity contribution in [3.05, 3.63) is 0 Å². The van der Waals surface area contributed by atoms with Crippen LogP contribution in [-0.4, -0.2) is 24.0 Å². The van der Waals surface area contributed by atoms with Crippen LogP contribution in [0.25, 0.3) is 0 Å². The van der Waals surface area contributed by atoms with Gasteiger partial charge in [-0.05, 0) is 31.8 Å². The van der Waals surface area contributed by atoms with E-state index in [4.69, 9.17) is 0 Å². The van der Waals surface area contributed by atoms with Crippen LogP contribution >= 0.6 is 0 Å². The predicted molar refractivity (Wildman–Crippen MR) is 45.1 cm³/mol. The van der Waals surface area contributed by atoms with Crippen molar-refractivity contribution >= 4 is 0 Å². The topological polar surface area (TPSA) is 3.24 Å². The summed E-state index contributed by atoms with van der Waals surface area (Å²) in [7, 11) is 0. The summed E-state index contributed by atoms with van der Waals surface area (Å²) in [5, 5.41) is 0. The fraction of sp³-hybridized carbons (Fsp3) is 1.00. The number of nitrogens with zero attached hydrogens (tertiary/aromatic N) is 1. The molecule has 0 aromatic rings. The standard InChI is InChI=1S/C9H19N/c1-4-10-7-5-6-9(10)8(2)3/h8-9H,4-7H2,1-3H3/t9-/m1/s1. The molecule has 0 saturated carbocycles. The maximum atomic E-state index is 2.60. The van der Waals surface area contributed by atoms with E-state index < -0.39 is 0 Å². The summed E-state index contributed by atoms with van der Waals surface area (Å²) < 4.78 is 0. The van der Waals surface area contributed by atoms with Crippen molar-refractivity contribution in [1.29, 1.82) is 0 Å². The smallest absolute Gasteiger partial charge is 0.0119 e. The van der Waals surface area contributed by atoms with Gasteiger partial charge < -0.3 is 4.90 Å². The molecule has 1 atom stereocenters. The zero-order chi connectivity index (χ0) is 7.56. The Balaban J connectivity index is 2.42. The third-order valence-electron chi connectivity index (χ3n) is 2.59. The van der Waals surface area contributed by atoms with Crippen molar-refractivity contribution in [1.82, 2.24) is 4.90 Å². The Bertz CT molecular complexity index is 98.9. The van der Waals surface area contributed by atoms with Crippen molar-refractivity contribution in [2.24, 2.45) is 5.92 Å². The van der Waals surface area contributed by atoms with E-state index in [-0.39, 0.29) is 0 Å². The molecule has 10 heavy (non-hydrogen) atoms. The van der Waals surface area contributed by atoms with Crippen LogP contribution in [0, 0.1) is 5.92 Å². The first-order valence-corrected chi connectivity index (χ1v) is 4.49. The van der Waals surface area contributed by atoms with Gasteiger partial charge in [-0.2, -0.15) is 0 Å². The molecule has 0 aromatic heterocycles. The van der Waals surface area contributed by atoms with E-state index >= 15 is 0 Å². The molecule has 0 N–H and O–H groups in total. The second-order valence-corrected chi connectivity index (χ2v) is 3.58. The van der Waals surface area contributed by atoms with Crippen LogP contribution in [0.15, 0.2) is 0 Å². The molecule has 0 radical (unpaired) electrons. The zero-order valence-electron chi connectivity index (χ0n) is 7.43. The van der Waals surface area contributed by atoms with Crippen LogP contribution in [0.3, 0.4) is 0 Å². The van der Waals surface area contributed by atoms with Crippen LogP contribution in [0.4, 0.5) is 0 Å². The van der Waals surface area contributed by atoms with Gasteiger partial charge in [-0.3, -0.25) is 0 Å². The molecule has 0 aromatic carbocycles. The predicted octanol–water partition coefficient (Wildman–Crippen LogP) is 2.13. The maximum absolute atomic E-state index is 2.60. The summed E-state index contributed by atoms with van der Waals surface area (Å²) in [6, 6.07) is 0.880. The fourth-order valence-electron chi connectivity index (χ4n) is 2.00. The van der Waals surface area contributed by atoms with Crippen molar-refractivity contribution in [2.45, 2.75) is 39.7 Å². The second-order valence-electron chi connectivity index (χ2n) is 3.58. The summed E-state index contributed by atoms with van der Waals surface area (Å²) in [5.74, 6) is 0.849. The summed E-state index contributed by atoms with van der Waals surface area (Å²) in [6.07, 6.45) is 2.84. The lowest BCUT2D eigenvalue weighted by molar-refractivity contribution is 0.217. The van der Waals surface area contributed by atoms with E-state index in [1.54, 1.807) is 0 Å². The van der Waals surface area contributed by atoms with E-state index in [1.807, 2.05) is 0 Å². The van der Waals surface area contributed by atoms with Gasteiger partial charge in [0.25, 0.3) is 0 Å². The zero-order valence-corrected chi connectivity index (χ0v) is 7.43. The van der Waals surface area contributed by atoms with Crippen LogP contribution in [0.5, 0.6) is 0 Å². The highest BCUT2D eigenvalue weighted by molar-refractivity contribution is 4.80. The van der Waals surface area contributed by atoms with Gasteiger partial charge in [-0.1, -0.05) is 20.8 Å². The van der Waals surface area contributed by atoms with Crippen molar-refractivity contribution < 1.29 is 0 Å². The van der Waals surface area contributed by atoms with Crippen molar-refractivity contribution in [3.8, 4) is 0 Å². The molecule has 0 amide bonds. The Morgan fingerprint density at radius 2 is 2.20 bits per heavy atom. The molecule has 1 saturated heterocycles. The minimum Gasteiger partial charge on any atom is -0.300 e. The maximum Gasteiger partial charge on any atom is 0.0119 e. The molecule has 60 valence electrons. The number of rotatable bonds is 2. The normalized spacial score (nSPS) is 28.2. The Morgan fingerprint density at radius 3 is 2.60 bits per heavy atom. The summed E-state index contributed by atoms with van der Waals surface area (Å²) in [4.78, 5) is 2.60. The fourth-order valence-corrected chi connectivity index (χ4v) is 2.00. The van der Waals surface area contributed by atoms with Gasteiger partial charge in [0.2, 0.25) is 0 Å². The summed E-state index contributed by atoms with van der Waals surface area (Å²) >= 11 is 0. The molecule has 1 aliphatic rings. The molecule has 0 unspecified atom stereocenters. The highest BCUT2D eigenvalue weighted by Crippen LogP contribution is 2.22. The molecule has 1 nitrogen and oxygen atoms in total. The van der Waals surface area contributed by atoms with Crippen LogP contribution in [0.1, 0.15) is 33.6 Å². The van der Waals surface area contributed by atoms with Crippen LogP contribution < -0.4 is 0 Å². The third-order valence-corrected chi connectivity index (χ3v) is 2.59. The molecule has 1 heteroatoms. The van der Waals surface area contributed by atoms with Gasteiger partial charge in [-0.25, -0.2) is 0 Å².